The van der Waals surface area contributed by atoms with E-state index in [0.29, 0.717) is 58.7 Å². The lowest BCUT2D eigenvalue weighted by Crippen LogP contribution is -3.12. The first-order valence-electron chi connectivity index (χ1n) is 13.3. The first kappa shape index (κ1) is 22.3. The zero-order chi connectivity index (χ0) is 27.3. The van der Waals surface area contributed by atoms with Crippen LogP contribution in [-0.4, -0.2) is 50.9 Å². The zero-order valence-electron chi connectivity index (χ0n) is 21.0. The molecule has 6 saturated carbocycles. The topological polar surface area (TPSA) is 163 Å². The Hall–Kier alpha value is -4.55. The number of hydrogen-bond donors (Lipinski definition) is 4. The van der Waals surface area contributed by atoms with E-state index >= 15 is 0 Å². The normalized spacial score (nSPS) is 34.5. The van der Waals surface area contributed by atoms with Crippen molar-refractivity contribution in [2.75, 3.05) is 13.6 Å². The molecule has 0 bridgehead atoms. The second kappa shape index (κ2) is 6.77. The molecule has 0 unspecified atom stereocenters. The Morgan fingerprint density at radius 3 is 2.55 bits per heavy atom. The highest BCUT2D eigenvalue weighted by Crippen LogP contribution is 3.10. The number of oxazole rings is 1. The maximum absolute atomic E-state index is 14.5. The number of rotatable bonds is 7. The minimum absolute atomic E-state index is 0.00943. The van der Waals surface area contributed by atoms with E-state index in [9.17, 15) is 23.6 Å². The lowest BCUT2D eigenvalue weighted by atomic mass is 8.92. The van der Waals surface area contributed by atoms with Crippen molar-refractivity contribution in [1.29, 1.82) is 0 Å². The summed E-state index contributed by atoms with van der Waals surface area (Å²) >= 11 is 0. The Bertz CT molecular complexity index is 1870. The zero-order valence-corrected chi connectivity index (χ0v) is 21.0. The summed E-state index contributed by atoms with van der Waals surface area (Å²) in [5.41, 5.74) is 1.20. The molecule has 10 rings (SSSR count). The molecular formula is C27H22FN7O5. The van der Waals surface area contributed by atoms with Crippen LogP contribution in [0.2, 0.25) is 0 Å². The van der Waals surface area contributed by atoms with Gasteiger partial charge in [-0.05, 0) is 58.6 Å². The predicted octanol–water partition coefficient (Wildman–Crippen LogP) is 0.447. The molecule has 0 saturated heterocycles. The third-order valence-electron chi connectivity index (χ3n) is 10.8. The Balaban J connectivity index is 0.930. The maximum atomic E-state index is 14.5. The van der Waals surface area contributed by atoms with E-state index in [1.807, 2.05) is 0 Å². The molecule has 0 radical (unpaired) electrons. The lowest BCUT2D eigenvalue weighted by Gasteiger charge is -3.10. The Kier molecular flexibility index (Phi) is 3.77. The van der Waals surface area contributed by atoms with Crippen molar-refractivity contribution in [3.8, 4) is 0 Å². The summed E-state index contributed by atoms with van der Waals surface area (Å²) in [6, 6.07) is 6.30. The monoisotopic (exact) mass is 543 g/mol. The number of fused-ring (bicyclic) bond motifs is 2. The van der Waals surface area contributed by atoms with Crippen molar-refractivity contribution in [3.63, 3.8) is 0 Å². The number of carbonyl (C=O) groups is 3. The average Bonchev–Trinajstić information content (AvgIpc) is 3.54. The number of hydrogen-bond acceptors (Lipinski definition) is 7. The van der Waals surface area contributed by atoms with Crippen molar-refractivity contribution < 1.29 is 23.2 Å². The molecule has 4 aromatic rings. The summed E-state index contributed by atoms with van der Waals surface area (Å²) in [6.45, 7) is 0.596. The molecule has 6 aliphatic rings. The second-order valence-corrected chi connectivity index (χ2v) is 11.7. The van der Waals surface area contributed by atoms with Crippen LogP contribution in [0.25, 0.3) is 16.7 Å². The maximum Gasteiger partial charge on any atom is 0.417 e. The van der Waals surface area contributed by atoms with E-state index in [1.165, 1.54) is 6.07 Å². The van der Waals surface area contributed by atoms with Crippen LogP contribution in [0.4, 0.5) is 4.39 Å². The summed E-state index contributed by atoms with van der Waals surface area (Å²) in [4.78, 5) is 56.9. The second-order valence-electron chi connectivity index (χ2n) is 11.7. The largest absolute Gasteiger partial charge is 0.417 e. The van der Waals surface area contributed by atoms with Crippen LogP contribution in [0.3, 0.4) is 0 Å². The molecule has 202 valence electrons. The molecular weight excluding hydrogens is 521 g/mol. The third-order valence-corrected chi connectivity index (χ3v) is 10.8. The first-order valence-corrected chi connectivity index (χ1v) is 13.3. The average molecular weight is 544 g/mol. The van der Waals surface area contributed by atoms with Crippen LogP contribution in [0.5, 0.6) is 0 Å². The Morgan fingerprint density at radius 2 is 1.82 bits per heavy atom. The molecule has 0 atom stereocenters. The number of H-pyrrole nitrogens is 1. The smallest absolute Gasteiger partial charge is 0.408 e. The van der Waals surface area contributed by atoms with Crippen LogP contribution in [-0.2, 0) is 11.3 Å². The van der Waals surface area contributed by atoms with Crippen LogP contribution in [0.15, 0.2) is 39.7 Å². The molecule has 1 aromatic carbocycles. The molecule has 0 aliphatic heterocycles. The summed E-state index contributed by atoms with van der Waals surface area (Å²) in [7, 11) is 1.70. The quantitative estimate of drug-likeness (QED) is 0.263. The fraction of sp³-hybridized carbons (Fsp3) is 0.407. The van der Waals surface area contributed by atoms with E-state index < -0.39 is 23.4 Å². The van der Waals surface area contributed by atoms with Gasteiger partial charge in [-0.2, -0.15) is 5.10 Å². The lowest BCUT2D eigenvalue weighted by molar-refractivity contribution is -0.639. The minimum Gasteiger partial charge on any atom is -0.408 e. The highest BCUT2D eigenvalue weighted by molar-refractivity contribution is 5.98. The van der Waals surface area contributed by atoms with Gasteiger partial charge in [0.1, 0.15) is 11.4 Å². The number of benzene rings is 1. The number of carbonyl (C=O) groups excluding carboxylic acids is 3. The van der Waals surface area contributed by atoms with Gasteiger partial charge in [0.15, 0.2) is 17.0 Å². The number of halogens is 1. The van der Waals surface area contributed by atoms with Crippen molar-refractivity contribution >= 4 is 34.5 Å². The number of nitrogens with zero attached hydrogens (tertiary/aromatic N) is 3. The van der Waals surface area contributed by atoms with Gasteiger partial charge in [0, 0.05) is 26.2 Å². The molecule has 4 N–H and O–H groups in total. The highest BCUT2D eigenvalue weighted by Gasteiger charge is 3.10. The Morgan fingerprint density at radius 1 is 1.07 bits per heavy atom. The van der Waals surface area contributed by atoms with Crippen LogP contribution in [0, 0.1) is 52.2 Å². The van der Waals surface area contributed by atoms with Gasteiger partial charge in [0.2, 0.25) is 5.91 Å². The third kappa shape index (κ3) is 2.13. The molecule has 0 spiro atoms. The summed E-state index contributed by atoms with van der Waals surface area (Å²) in [5, 5.41) is 12.5. The van der Waals surface area contributed by atoms with Gasteiger partial charge >= 0.3 is 5.76 Å². The molecule has 3 heterocycles. The summed E-state index contributed by atoms with van der Waals surface area (Å²) < 4.78 is 20.6. The van der Waals surface area contributed by atoms with E-state index in [-0.39, 0.29) is 40.3 Å². The van der Waals surface area contributed by atoms with E-state index in [4.69, 9.17) is 4.42 Å². The number of nitrogens with one attached hydrogen (secondary N) is 4. The summed E-state index contributed by atoms with van der Waals surface area (Å²) in [5.74, 6) is 0.601. The standard InChI is InChI=1S/C27H22FN7O5/c1-29-24(38)27-18-15-19(27)17-20(27)16(18)26(15,17)8-31-23(37)13-5-12(33-21-10(28)7-32-35(13)21)22(36)30-6-9-2-3-14-11(4-9)34-25(39)40-14/h2-5,7,15-20H,6,8H2,1H3,(H,29,38)(H,30,36)(H,31,37)(H,34,39). The van der Waals surface area contributed by atoms with Gasteiger partial charge < -0.3 is 20.4 Å². The van der Waals surface area contributed by atoms with Gasteiger partial charge in [-0.25, -0.2) is 18.7 Å². The van der Waals surface area contributed by atoms with Crippen molar-refractivity contribution in [2.24, 2.45) is 46.3 Å². The Labute approximate surface area is 223 Å². The van der Waals surface area contributed by atoms with Crippen LogP contribution < -0.4 is 21.7 Å². The fourth-order valence-electron chi connectivity index (χ4n) is 9.70. The van der Waals surface area contributed by atoms with Crippen molar-refractivity contribution in [1.82, 2.24) is 35.5 Å². The van der Waals surface area contributed by atoms with Crippen molar-refractivity contribution in [2.45, 2.75) is 6.54 Å². The molecule has 13 heteroatoms. The first-order chi connectivity index (χ1) is 19.3. The summed E-state index contributed by atoms with van der Waals surface area (Å²) in [6.07, 6.45) is 0.957. The number of amides is 3. The van der Waals surface area contributed by atoms with Gasteiger partial charge in [0.25, 0.3) is 11.8 Å². The van der Waals surface area contributed by atoms with E-state index in [2.05, 4.69) is 31.0 Å². The molecule has 6 fully saturated rings. The van der Waals surface area contributed by atoms with Gasteiger partial charge in [-0.3, -0.25) is 19.4 Å². The van der Waals surface area contributed by atoms with Crippen LogP contribution >= 0.6 is 0 Å². The van der Waals surface area contributed by atoms with Crippen molar-refractivity contribution in [3.05, 3.63) is 63.8 Å². The van der Waals surface area contributed by atoms with E-state index in [0.717, 1.165) is 10.7 Å². The van der Waals surface area contributed by atoms with Gasteiger partial charge in [-0.15, -0.1) is 0 Å². The van der Waals surface area contributed by atoms with Crippen LogP contribution in [0.1, 0.15) is 26.5 Å². The fourth-order valence-corrected chi connectivity index (χ4v) is 9.70. The van der Waals surface area contributed by atoms with Gasteiger partial charge in [-0.1, -0.05) is 6.07 Å². The molecule has 6 aliphatic carbocycles. The minimum atomic E-state index is -0.751. The molecule has 3 aromatic heterocycles. The SMILES string of the molecule is CNC(=O)C12C3C4C1C1C2C3C41CNC(=O)c1cc(C(=O)NCc2ccc3oc(=O)[nH]c3c2)nc2c(F)cnn12. The van der Waals surface area contributed by atoms with E-state index in [1.54, 1.807) is 25.2 Å². The highest BCUT2D eigenvalue weighted by atomic mass is 19.1. The molecule has 40 heavy (non-hydrogen) atoms. The number of aromatic amines is 1. The predicted molar refractivity (Wildman–Crippen MR) is 133 cm³/mol. The molecule has 12 nitrogen and oxygen atoms in total. The molecule has 3 amide bonds. The number of aromatic nitrogens is 4. The van der Waals surface area contributed by atoms with Gasteiger partial charge in [0.05, 0.1) is 17.1 Å².